The normalized spacial score (nSPS) is 13.1. The van der Waals surface area contributed by atoms with Gasteiger partial charge < -0.3 is 20.1 Å². The van der Waals surface area contributed by atoms with E-state index >= 15 is 0 Å². The zero-order valence-corrected chi connectivity index (χ0v) is 11.2. The van der Waals surface area contributed by atoms with Crippen molar-refractivity contribution >= 4 is 12.0 Å². The maximum Gasteiger partial charge on any atom is 0.250 e. The molecule has 5 heteroatoms. The first-order chi connectivity index (χ1) is 9.24. The van der Waals surface area contributed by atoms with Crippen LogP contribution in [0.1, 0.15) is 5.56 Å². The fourth-order valence-electron chi connectivity index (χ4n) is 1.83. The summed E-state index contributed by atoms with van der Waals surface area (Å²) in [6.07, 6.45) is 1.84. The highest BCUT2D eigenvalue weighted by Gasteiger charge is 2.17. The third kappa shape index (κ3) is 3.26. The molecule has 0 atom stereocenters. The van der Waals surface area contributed by atoms with Crippen molar-refractivity contribution in [2.45, 2.75) is 0 Å². The van der Waals surface area contributed by atoms with Crippen LogP contribution in [0.15, 0.2) is 23.8 Å². The summed E-state index contributed by atoms with van der Waals surface area (Å²) in [6, 6.07) is 5.54. The van der Waals surface area contributed by atoms with Crippen molar-refractivity contribution in [2.24, 2.45) is 0 Å². The number of fused-ring (bicyclic) bond motifs is 1. The first kappa shape index (κ1) is 13.4. The summed E-state index contributed by atoms with van der Waals surface area (Å²) in [5.74, 6) is 1.42. The molecule has 2 N–H and O–H groups in total. The van der Waals surface area contributed by atoms with Crippen LogP contribution in [0, 0.1) is 0 Å². The lowest BCUT2D eigenvalue weighted by molar-refractivity contribution is -0.117. The van der Waals surface area contributed by atoms with Crippen LogP contribution in [0.25, 0.3) is 6.08 Å². The highest BCUT2D eigenvalue weighted by molar-refractivity contribution is 5.99. The van der Waals surface area contributed by atoms with Gasteiger partial charge in [0, 0.05) is 18.7 Å². The highest BCUT2D eigenvalue weighted by Crippen LogP contribution is 2.29. The van der Waals surface area contributed by atoms with Gasteiger partial charge in [-0.25, -0.2) is 0 Å². The van der Waals surface area contributed by atoms with Crippen LogP contribution in [-0.2, 0) is 4.79 Å². The van der Waals surface area contributed by atoms with Crippen LogP contribution >= 0.6 is 0 Å². The lowest BCUT2D eigenvalue weighted by Gasteiger charge is -2.18. The molecule has 0 aromatic heterocycles. The third-order valence-corrected chi connectivity index (χ3v) is 2.88. The van der Waals surface area contributed by atoms with Crippen molar-refractivity contribution in [1.29, 1.82) is 0 Å². The average Bonchev–Trinajstić information content (AvgIpc) is 2.46. The maximum absolute atomic E-state index is 11.9. The maximum atomic E-state index is 11.9. The average molecular weight is 262 g/mol. The number of likely N-dealkylation sites (N-methyl/N-ethyl adjacent to an activating group) is 1. The molecule has 0 fully saturated rings. The molecule has 0 unspecified atom stereocenters. The Balaban J connectivity index is 2.11. The van der Waals surface area contributed by atoms with Crippen molar-refractivity contribution in [3.63, 3.8) is 0 Å². The number of ether oxygens (including phenoxy) is 2. The first-order valence-electron chi connectivity index (χ1n) is 6.19. The lowest BCUT2D eigenvalue weighted by Crippen LogP contribution is -2.33. The van der Waals surface area contributed by atoms with E-state index < -0.39 is 0 Å². The summed E-state index contributed by atoms with van der Waals surface area (Å²) in [5.41, 5.74) is 1.49. The van der Waals surface area contributed by atoms with Gasteiger partial charge in [0.25, 0.3) is 5.91 Å². The topological polar surface area (TPSA) is 59.6 Å². The van der Waals surface area contributed by atoms with Gasteiger partial charge in [-0.15, -0.1) is 0 Å². The number of nitrogens with one attached hydrogen (secondary N) is 2. The Morgan fingerprint density at radius 1 is 1.42 bits per heavy atom. The Labute approximate surface area is 112 Å². The predicted octanol–water partition coefficient (Wildman–Crippen LogP) is 0.807. The van der Waals surface area contributed by atoms with E-state index in [0.717, 1.165) is 23.6 Å². The van der Waals surface area contributed by atoms with E-state index in [1.165, 1.54) is 0 Å². The fraction of sp³-hybridized carbons (Fsp3) is 0.357. The van der Waals surface area contributed by atoms with Crippen molar-refractivity contribution < 1.29 is 14.3 Å². The van der Waals surface area contributed by atoms with E-state index in [-0.39, 0.29) is 5.91 Å². The van der Waals surface area contributed by atoms with E-state index in [4.69, 9.17) is 9.47 Å². The summed E-state index contributed by atoms with van der Waals surface area (Å²) in [4.78, 5) is 11.9. The molecule has 0 saturated carbocycles. The van der Waals surface area contributed by atoms with Gasteiger partial charge in [-0.2, -0.15) is 0 Å². The quantitative estimate of drug-likeness (QED) is 0.771. The van der Waals surface area contributed by atoms with Crippen LogP contribution in [0.2, 0.25) is 0 Å². The monoisotopic (exact) mass is 262 g/mol. The van der Waals surface area contributed by atoms with Crippen LogP contribution in [-0.4, -0.2) is 39.8 Å². The Morgan fingerprint density at radius 2 is 2.26 bits per heavy atom. The molecule has 2 rings (SSSR count). The van der Waals surface area contributed by atoms with E-state index in [1.807, 2.05) is 31.3 Å². The fourth-order valence-corrected chi connectivity index (χ4v) is 1.83. The molecule has 1 aliphatic rings. The number of carbonyl (C=O) groups is 1. The number of hydrogen-bond acceptors (Lipinski definition) is 4. The van der Waals surface area contributed by atoms with Crippen LogP contribution in [0.4, 0.5) is 0 Å². The summed E-state index contributed by atoms with van der Waals surface area (Å²) in [5, 5.41) is 5.81. The standard InChI is InChI=1S/C14H18N2O3/c1-15-5-6-16-14(17)11-7-10-8-12(18-2)3-4-13(10)19-9-11/h3-4,7-8,15H,5-6,9H2,1-2H3,(H,16,17). The van der Waals surface area contributed by atoms with Gasteiger partial charge in [0.1, 0.15) is 18.1 Å². The summed E-state index contributed by atoms with van der Waals surface area (Å²) < 4.78 is 10.7. The zero-order valence-electron chi connectivity index (χ0n) is 11.2. The molecule has 0 saturated heterocycles. The predicted molar refractivity (Wildman–Crippen MR) is 73.4 cm³/mol. The van der Waals surface area contributed by atoms with E-state index in [1.54, 1.807) is 7.11 Å². The molecule has 0 bridgehead atoms. The molecular formula is C14H18N2O3. The molecule has 1 aliphatic heterocycles. The second kappa shape index (κ2) is 6.24. The minimum atomic E-state index is -0.0938. The molecule has 1 aromatic rings. The molecule has 0 radical (unpaired) electrons. The molecule has 0 spiro atoms. The molecule has 1 aromatic carbocycles. The Morgan fingerprint density at radius 3 is 3.00 bits per heavy atom. The van der Waals surface area contributed by atoms with Crippen LogP contribution in [0.3, 0.4) is 0 Å². The van der Waals surface area contributed by atoms with Gasteiger partial charge in [-0.1, -0.05) is 0 Å². The number of rotatable bonds is 5. The third-order valence-electron chi connectivity index (χ3n) is 2.88. The largest absolute Gasteiger partial charge is 0.497 e. The van der Waals surface area contributed by atoms with Crippen LogP contribution < -0.4 is 20.1 Å². The Kier molecular flexibility index (Phi) is 4.41. The molecular weight excluding hydrogens is 244 g/mol. The molecule has 102 valence electrons. The van der Waals surface area contributed by atoms with E-state index in [9.17, 15) is 4.79 Å². The highest BCUT2D eigenvalue weighted by atomic mass is 16.5. The number of methoxy groups -OCH3 is 1. The molecule has 1 amide bonds. The molecule has 5 nitrogen and oxygen atoms in total. The second-order valence-electron chi connectivity index (χ2n) is 4.22. The van der Waals surface area contributed by atoms with Crippen LogP contribution in [0.5, 0.6) is 11.5 Å². The van der Waals surface area contributed by atoms with Gasteiger partial charge in [0.05, 0.1) is 12.7 Å². The number of amides is 1. The molecule has 0 aliphatic carbocycles. The number of benzene rings is 1. The summed E-state index contributed by atoms with van der Waals surface area (Å²) >= 11 is 0. The molecule has 19 heavy (non-hydrogen) atoms. The zero-order chi connectivity index (χ0) is 13.7. The minimum Gasteiger partial charge on any atom is -0.497 e. The Bertz CT molecular complexity index is 497. The number of carbonyl (C=O) groups excluding carboxylic acids is 1. The van der Waals surface area contributed by atoms with Crippen molar-refractivity contribution in [1.82, 2.24) is 10.6 Å². The van der Waals surface area contributed by atoms with Gasteiger partial charge in [-0.05, 0) is 31.3 Å². The van der Waals surface area contributed by atoms with Crippen molar-refractivity contribution in [3.05, 3.63) is 29.3 Å². The van der Waals surface area contributed by atoms with Crippen molar-refractivity contribution in [3.8, 4) is 11.5 Å². The van der Waals surface area contributed by atoms with E-state index in [2.05, 4.69) is 10.6 Å². The smallest absolute Gasteiger partial charge is 0.250 e. The van der Waals surface area contributed by atoms with Gasteiger partial charge >= 0.3 is 0 Å². The Hall–Kier alpha value is -2.01. The summed E-state index contributed by atoms with van der Waals surface area (Å²) in [7, 11) is 3.46. The second-order valence-corrected chi connectivity index (χ2v) is 4.22. The SMILES string of the molecule is CNCCNC(=O)C1=Cc2cc(OC)ccc2OC1. The van der Waals surface area contributed by atoms with Gasteiger partial charge in [0.2, 0.25) is 0 Å². The summed E-state index contributed by atoms with van der Waals surface area (Å²) in [6.45, 7) is 1.63. The van der Waals surface area contributed by atoms with Gasteiger partial charge in [-0.3, -0.25) is 4.79 Å². The first-order valence-corrected chi connectivity index (χ1v) is 6.19. The van der Waals surface area contributed by atoms with Crippen molar-refractivity contribution in [2.75, 3.05) is 33.9 Å². The lowest BCUT2D eigenvalue weighted by atomic mass is 10.1. The van der Waals surface area contributed by atoms with Gasteiger partial charge in [0.15, 0.2) is 0 Å². The minimum absolute atomic E-state index is 0.0938. The van der Waals surface area contributed by atoms with E-state index in [0.29, 0.717) is 18.7 Å². The number of hydrogen-bond donors (Lipinski definition) is 2. The molecule has 1 heterocycles.